The average Bonchev–Trinajstić information content (AvgIpc) is 2.96. The SMILES string of the molecule is CCCC#CC(O)CC[C@H]1CCC(=O)[C@@H]1CCCCCCC(=O)OCC. The van der Waals surface area contributed by atoms with Crippen LogP contribution in [0.2, 0.25) is 0 Å². The molecule has 0 aromatic carbocycles. The van der Waals surface area contributed by atoms with Gasteiger partial charge in [0.15, 0.2) is 0 Å². The number of hydrogen-bond acceptors (Lipinski definition) is 4. The summed E-state index contributed by atoms with van der Waals surface area (Å²) >= 11 is 0. The molecule has 0 aliphatic heterocycles. The molecule has 148 valence electrons. The largest absolute Gasteiger partial charge is 0.466 e. The highest BCUT2D eigenvalue weighted by atomic mass is 16.5. The highest BCUT2D eigenvalue weighted by molar-refractivity contribution is 5.83. The molecule has 0 bridgehead atoms. The summed E-state index contributed by atoms with van der Waals surface area (Å²) in [5.41, 5.74) is 0. The van der Waals surface area contributed by atoms with Gasteiger partial charge in [-0.1, -0.05) is 32.1 Å². The van der Waals surface area contributed by atoms with Gasteiger partial charge in [-0.2, -0.15) is 0 Å². The van der Waals surface area contributed by atoms with E-state index in [-0.39, 0.29) is 11.9 Å². The third-order valence-corrected chi connectivity index (χ3v) is 5.15. The Morgan fingerprint density at radius 2 is 2.00 bits per heavy atom. The Bertz CT molecular complexity index is 474. The Labute approximate surface area is 159 Å². The van der Waals surface area contributed by atoms with Crippen molar-refractivity contribution in [3.05, 3.63) is 0 Å². The number of hydrogen-bond donors (Lipinski definition) is 1. The predicted molar refractivity (Wildman–Crippen MR) is 103 cm³/mol. The number of carbonyl (C=O) groups excluding carboxylic acids is 2. The molecule has 1 fully saturated rings. The summed E-state index contributed by atoms with van der Waals surface area (Å²) < 4.78 is 4.92. The van der Waals surface area contributed by atoms with Crippen LogP contribution >= 0.6 is 0 Å². The van der Waals surface area contributed by atoms with Crippen LogP contribution in [0.3, 0.4) is 0 Å². The molecular weight excluding hydrogens is 328 g/mol. The maximum Gasteiger partial charge on any atom is 0.305 e. The fourth-order valence-electron chi connectivity index (χ4n) is 3.70. The number of aliphatic hydroxyl groups is 1. The second kappa shape index (κ2) is 13.8. The van der Waals surface area contributed by atoms with Crippen molar-refractivity contribution in [2.24, 2.45) is 11.8 Å². The molecule has 1 aliphatic rings. The Morgan fingerprint density at radius 1 is 1.23 bits per heavy atom. The molecule has 1 saturated carbocycles. The van der Waals surface area contributed by atoms with Gasteiger partial charge in [-0.05, 0) is 51.4 Å². The van der Waals surface area contributed by atoms with Gasteiger partial charge in [-0.25, -0.2) is 0 Å². The van der Waals surface area contributed by atoms with Crippen LogP contribution < -0.4 is 0 Å². The minimum atomic E-state index is -0.555. The molecule has 0 spiro atoms. The molecule has 1 rings (SSSR count). The van der Waals surface area contributed by atoms with Gasteiger partial charge in [-0.15, -0.1) is 5.92 Å². The van der Waals surface area contributed by atoms with Crippen molar-refractivity contribution >= 4 is 11.8 Å². The lowest BCUT2D eigenvalue weighted by Crippen LogP contribution is -2.17. The van der Waals surface area contributed by atoms with E-state index in [1.54, 1.807) is 0 Å². The second-order valence-electron chi connectivity index (χ2n) is 7.29. The molecule has 4 nitrogen and oxygen atoms in total. The molecule has 0 radical (unpaired) electrons. The lowest BCUT2D eigenvalue weighted by Gasteiger charge is -2.18. The van der Waals surface area contributed by atoms with Gasteiger partial charge < -0.3 is 9.84 Å². The highest BCUT2D eigenvalue weighted by Crippen LogP contribution is 2.36. The zero-order valence-corrected chi connectivity index (χ0v) is 16.6. The van der Waals surface area contributed by atoms with Crippen LogP contribution in [0.1, 0.15) is 90.9 Å². The third kappa shape index (κ3) is 9.38. The summed E-state index contributed by atoms with van der Waals surface area (Å²) in [4.78, 5) is 23.5. The highest BCUT2D eigenvalue weighted by Gasteiger charge is 2.33. The number of Topliss-reactive ketones (excluding diaryl/α,β-unsaturated/α-hetero) is 1. The molecule has 1 unspecified atom stereocenters. The number of unbranched alkanes of at least 4 members (excludes halogenated alkanes) is 4. The standard InChI is InChI=1S/C22H36O4/c1-3-5-8-11-19(23)16-14-18-15-17-21(24)20(18)12-9-6-7-10-13-22(25)26-4-2/h18-20,23H,3-7,9-10,12-17H2,1-2H3/t18-,19?,20+/m0/s1. The Kier molecular flexibility index (Phi) is 12.1. The first-order chi connectivity index (χ1) is 12.6. The van der Waals surface area contributed by atoms with Gasteiger partial charge in [0.05, 0.1) is 6.61 Å². The van der Waals surface area contributed by atoms with Crippen molar-refractivity contribution in [2.45, 2.75) is 97.0 Å². The van der Waals surface area contributed by atoms with Crippen molar-refractivity contribution in [3.63, 3.8) is 0 Å². The van der Waals surface area contributed by atoms with Crippen LogP contribution in [-0.2, 0) is 14.3 Å². The van der Waals surface area contributed by atoms with Gasteiger partial charge in [0.1, 0.15) is 11.9 Å². The summed E-state index contributed by atoms with van der Waals surface area (Å²) in [6.07, 6.45) is 9.91. The third-order valence-electron chi connectivity index (χ3n) is 5.15. The van der Waals surface area contributed by atoms with E-state index in [0.29, 0.717) is 37.6 Å². The molecule has 1 N–H and O–H groups in total. The van der Waals surface area contributed by atoms with Gasteiger partial charge in [0, 0.05) is 25.2 Å². The first kappa shape index (κ1) is 22.7. The van der Waals surface area contributed by atoms with E-state index in [2.05, 4.69) is 18.8 Å². The van der Waals surface area contributed by atoms with Crippen molar-refractivity contribution in [1.82, 2.24) is 0 Å². The lowest BCUT2D eigenvalue weighted by atomic mass is 9.86. The number of aliphatic hydroxyl groups excluding tert-OH is 1. The van der Waals surface area contributed by atoms with Crippen LogP contribution in [0, 0.1) is 23.7 Å². The van der Waals surface area contributed by atoms with Crippen molar-refractivity contribution in [3.8, 4) is 11.8 Å². The topological polar surface area (TPSA) is 63.6 Å². The smallest absolute Gasteiger partial charge is 0.305 e. The summed E-state index contributed by atoms with van der Waals surface area (Å²) in [5.74, 6) is 6.76. The molecular formula is C22H36O4. The van der Waals surface area contributed by atoms with Gasteiger partial charge in [0.2, 0.25) is 0 Å². The van der Waals surface area contributed by atoms with E-state index in [0.717, 1.165) is 57.8 Å². The molecule has 4 heteroatoms. The minimum absolute atomic E-state index is 0.112. The number of ketones is 1. The van der Waals surface area contributed by atoms with Crippen LogP contribution in [0.25, 0.3) is 0 Å². The van der Waals surface area contributed by atoms with Crippen molar-refractivity contribution < 1.29 is 19.4 Å². The second-order valence-corrected chi connectivity index (χ2v) is 7.29. The average molecular weight is 365 g/mol. The number of rotatable bonds is 12. The van der Waals surface area contributed by atoms with Crippen molar-refractivity contribution in [1.29, 1.82) is 0 Å². The van der Waals surface area contributed by atoms with E-state index in [9.17, 15) is 14.7 Å². The zero-order chi connectivity index (χ0) is 19.2. The van der Waals surface area contributed by atoms with Crippen molar-refractivity contribution in [2.75, 3.05) is 6.61 Å². The number of ether oxygens (including phenoxy) is 1. The Balaban J connectivity index is 2.21. The molecule has 0 heterocycles. The molecule has 26 heavy (non-hydrogen) atoms. The van der Waals surface area contributed by atoms with Crippen LogP contribution in [0.4, 0.5) is 0 Å². The zero-order valence-electron chi connectivity index (χ0n) is 16.6. The van der Waals surface area contributed by atoms with E-state index < -0.39 is 6.10 Å². The van der Waals surface area contributed by atoms with Crippen LogP contribution in [-0.4, -0.2) is 29.6 Å². The van der Waals surface area contributed by atoms with Gasteiger partial charge in [-0.3, -0.25) is 9.59 Å². The molecule has 3 atom stereocenters. The summed E-state index contributed by atoms with van der Waals surface area (Å²) in [5, 5.41) is 9.95. The normalized spacial score (nSPS) is 20.5. The summed E-state index contributed by atoms with van der Waals surface area (Å²) in [7, 11) is 0. The number of carbonyl (C=O) groups is 2. The van der Waals surface area contributed by atoms with E-state index in [4.69, 9.17) is 4.74 Å². The van der Waals surface area contributed by atoms with E-state index in [1.807, 2.05) is 6.92 Å². The van der Waals surface area contributed by atoms with Crippen LogP contribution in [0.5, 0.6) is 0 Å². The maximum atomic E-state index is 12.2. The molecule has 0 aromatic heterocycles. The fraction of sp³-hybridized carbons (Fsp3) is 0.818. The molecule has 0 saturated heterocycles. The van der Waals surface area contributed by atoms with Gasteiger partial charge in [0.25, 0.3) is 0 Å². The molecule has 0 aromatic rings. The van der Waals surface area contributed by atoms with E-state index in [1.165, 1.54) is 0 Å². The monoisotopic (exact) mass is 364 g/mol. The van der Waals surface area contributed by atoms with Crippen LogP contribution in [0.15, 0.2) is 0 Å². The maximum absolute atomic E-state index is 12.2. The predicted octanol–water partition coefficient (Wildman–Crippen LogP) is 4.43. The summed E-state index contributed by atoms with van der Waals surface area (Å²) in [6, 6.07) is 0. The van der Waals surface area contributed by atoms with Gasteiger partial charge >= 0.3 is 5.97 Å². The number of esters is 1. The fourth-order valence-corrected chi connectivity index (χ4v) is 3.70. The molecule has 1 aliphatic carbocycles. The summed E-state index contributed by atoms with van der Waals surface area (Å²) in [6.45, 7) is 4.35. The van der Waals surface area contributed by atoms with E-state index >= 15 is 0 Å². The molecule has 0 amide bonds. The first-order valence-electron chi connectivity index (χ1n) is 10.4. The minimum Gasteiger partial charge on any atom is -0.466 e. The Morgan fingerprint density at radius 3 is 2.73 bits per heavy atom. The Hall–Kier alpha value is -1.34. The first-order valence-corrected chi connectivity index (χ1v) is 10.4. The lowest BCUT2D eigenvalue weighted by molar-refractivity contribution is -0.143. The quantitative estimate of drug-likeness (QED) is 0.316.